The molecule has 0 aliphatic heterocycles. The van der Waals surface area contributed by atoms with Gasteiger partial charge in [-0.15, -0.1) is 0 Å². The molecule has 1 aliphatic rings. The van der Waals surface area contributed by atoms with Crippen LogP contribution in [0.2, 0.25) is 0 Å². The molecule has 1 N–H and O–H groups in total. The monoisotopic (exact) mass is 193 g/mol. The molecule has 2 rings (SSSR count). The quantitative estimate of drug-likeness (QED) is 0.795. The van der Waals surface area contributed by atoms with Gasteiger partial charge in [0, 0.05) is 12.1 Å². The van der Waals surface area contributed by atoms with Gasteiger partial charge < -0.3 is 9.73 Å². The summed E-state index contributed by atoms with van der Waals surface area (Å²) in [6, 6.07) is 2.12. The van der Waals surface area contributed by atoms with E-state index in [2.05, 4.69) is 18.3 Å². The number of hydrogen-bond donors (Lipinski definition) is 1. The van der Waals surface area contributed by atoms with E-state index in [1.165, 1.54) is 12.0 Å². The Morgan fingerprint density at radius 3 is 2.71 bits per heavy atom. The normalized spacial score (nSPS) is 25.4. The summed E-state index contributed by atoms with van der Waals surface area (Å²) >= 11 is 0. The van der Waals surface area contributed by atoms with Crippen molar-refractivity contribution in [3.8, 4) is 0 Å². The molecule has 0 radical (unpaired) electrons. The summed E-state index contributed by atoms with van der Waals surface area (Å²) < 4.78 is 5.47. The van der Waals surface area contributed by atoms with E-state index < -0.39 is 0 Å². The second-order valence-electron chi connectivity index (χ2n) is 4.54. The smallest absolute Gasteiger partial charge is 0.105 e. The summed E-state index contributed by atoms with van der Waals surface area (Å²) in [7, 11) is 0. The molecular formula is C12H19NO. The van der Waals surface area contributed by atoms with Crippen LogP contribution in [0.15, 0.2) is 10.5 Å². The molecular weight excluding hydrogens is 174 g/mol. The number of nitrogens with one attached hydrogen (secondary N) is 1. The van der Waals surface area contributed by atoms with Crippen molar-refractivity contribution in [1.82, 2.24) is 5.32 Å². The molecule has 1 aromatic rings. The van der Waals surface area contributed by atoms with E-state index in [4.69, 9.17) is 4.42 Å². The van der Waals surface area contributed by atoms with Crippen molar-refractivity contribution in [1.29, 1.82) is 0 Å². The Morgan fingerprint density at radius 2 is 2.21 bits per heavy atom. The predicted molar refractivity (Wildman–Crippen MR) is 57.2 cm³/mol. The number of rotatable bonds is 4. The highest BCUT2D eigenvalue weighted by molar-refractivity contribution is 5.19. The molecule has 0 spiro atoms. The summed E-state index contributed by atoms with van der Waals surface area (Å²) in [6.45, 7) is 8.46. The van der Waals surface area contributed by atoms with Gasteiger partial charge in [0.15, 0.2) is 0 Å². The lowest BCUT2D eigenvalue weighted by atomic mass is 10.2. The topological polar surface area (TPSA) is 25.2 Å². The minimum atomic E-state index is 0.920. The van der Waals surface area contributed by atoms with Gasteiger partial charge in [-0.3, -0.25) is 0 Å². The molecule has 1 aromatic heterocycles. The zero-order chi connectivity index (χ0) is 10.1. The van der Waals surface area contributed by atoms with Crippen LogP contribution in [0.1, 0.15) is 30.4 Å². The zero-order valence-electron chi connectivity index (χ0n) is 9.26. The molecule has 14 heavy (non-hydrogen) atoms. The maximum Gasteiger partial charge on any atom is 0.105 e. The summed E-state index contributed by atoms with van der Waals surface area (Å²) in [5.41, 5.74) is 1.30. The highest BCUT2D eigenvalue weighted by Gasteiger charge is 2.31. The molecule has 1 saturated carbocycles. The molecule has 78 valence electrons. The number of aryl methyl sites for hydroxylation is 2. The molecule has 0 saturated heterocycles. The standard InChI is InChI=1S/C12H19NO/c1-8-4-11(8)6-13-7-12-5-9(2)14-10(12)3/h5,8,11,13H,4,6-7H2,1-3H3. The van der Waals surface area contributed by atoms with Crippen LogP contribution in [-0.4, -0.2) is 6.54 Å². The summed E-state index contributed by atoms with van der Waals surface area (Å²) in [5.74, 6) is 3.93. The van der Waals surface area contributed by atoms with Gasteiger partial charge in [-0.1, -0.05) is 6.92 Å². The second kappa shape index (κ2) is 3.77. The summed E-state index contributed by atoms with van der Waals surface area (Å²) in [4.78, 5) is 0. The lowest BCUT2D eigenvalue weighted by Gasteiger charge is -2.01. The van der Waals surface area contributed by atoms with Gasteiger partial charge in [-0.2, -0.15) is 0 Å². The van der Waals surface area contributed by atoms with Gasteiger partial charge in [0.2, 0.25) is 0 Å². The predicted octanol–water partition coefficient (Wildman–Crippen LogP) is 2.64. The van der Waals surface area contributed by atoms with Crippen molar-refractivity contribution >= 4 is 0 Å². The summed E-state index contributed by atoms with van der Waals surface area (Å²) in [6.07, 6.45) is 1.40. The third kappa shape index (κ3) is 2.18. The second-order valence-corrected chi connectivity index (χ2v) is 4.54. The highest BCUT2D eigenvalue weighted by atomic mass is 16.3. The fraction of sp³-hybridized carbons (Fsp3) is 0.667. The van der Waals surface area contributed by atoms with Crippen LogP contribution in [0, 0.1) is 25.7 Å². The Balaban J connectivity index is 1.77. The van der Waals surface area contributed by atoms with Crippen LogP contribution in [-0.2, 0) is 6.54 Å². The molecule has 2 unspecified atom stereocenters. The first-order valence-corrected chi connectivity index (χ1v) is 5.43. The molecule has 1 heterocycles. The highest BCUT2D eigenvalue weighted by Crippen LogP contribution is 2.36. The van der Waals surface area contributed by atoms with E-state index in [0.29, 0.717) is 0 Å². The first-order chi connectivity index (χ1) is 6.66. The minimum absolute atomic E-state index is 0.920. The van der Waals surface area contributed by atoms with E-state index in [9.17, 15) is 0 Å². The van der Waals surface area contributed by atoms with Crippen molar-refractivity contribution in [2.75, 3.05) is 6.54 Å². The van der Waals surface area contributed by atoms with Crippen molar-refractivity contribution < 1.29 is 4.42 Å². The Bertz CT molecular complexity index is 316. The molecule has 1 fully saturated rings. The maximum absolute atomic E-state index is 5.47. The first kappa shape index (κ1) is 9.78. The van der Waals surface area contributed by atoms with Crippen LogP contribution < -0.4 is 5.32 Å². The Morgan fingerprint density at radius 1 is 1.50 bits per heavy atom. The molecule has 2 nitrogen and oxygen atoms in total. The van der Waals surface area contributed by atoms with Gasteiger partial charge in [-0.05, 0) is 44.7 Å². The first-order valence-electron chi connectivity index (χ1n) is 5.43. The molecule has 1 aliphatic carbocycles. The van der Waals surface area contributed by atoms with Crippen LogP contribution in [0.3, 0.4) is 0 Å². The van der Waals surface area contributed by atoms with Crippen LogP contribution >= 0.6 is 0 Å². The number of hydrogen-bond acceptors (Lipinski definition) is 2. The van der Waals surface area contributed by atoms with Gasteiger partial charge in [0.25, 0.3) is 0 Å². The van der Waals surface area contributed by atoms with E-state index in [-0.39, 0.29) is 0 Å². The molecule has 2 atom stereocenters. The summed E-state index contributed by atoms with van der Waals surface area (Å²) in [5, 5.41) is 3.49. The fourth-order valence-electron chi connectivity index (χ4n) is 1.93. The minimum Gasteiger partial charge on any atom is -0.466 e. The van der Waals surface area contributed by atoms with Crippen molar-refractivity contribution in [2.24, 2.45) is 11.8 Å². The van der Waals surface area contributed by atoms with Gasteiger partial charge in [-0.25, -0.2) is 0 Å². The third-order valence-electron chi connectivity index (χ3n) is 3.14. The molecule has 0 aromatic carbocycles. The largest absolute Gasteiger partial charge is 0.466 e. The van der Waals surface area contributed by atoms with Crippen LogP contribution in [0.4, 0.5) is 0 Å². The maximum atomic E-state index is 5.47. The lowest BCUT2D eigenvalue weighted by Crippen LogP contribution is -2.16. The van der Waals surface area contributed by atoms with Gasteiger partial charge in [0.05, 0.1) is 0 Å². The van der Waals surface area contributed by atoms with E-state index in [1.54, 1.807) is 0 Å². The van der Waals surface area contributed by atoms with E-state index >= 15 is 0 Å². The van der Waals surface area contributed by atoms with Crippen molar-refractivity contribution in [3.05, 3.63) is 23.2 Å². The molecule has 0 amide bonds. The molecule has 2 heteroatoms. The lowest BCUT2D eigenvalue weighted by molar-refractivity contribution is 0.498. The van der Waals surface area contributed by atoms with Crippen molar-refractivity contribution in [2.45, 2.75) is 33.7 Å². The van der Waals surface area contributed by atoms with Gasteiger partial charge in [0.1, 0.15) is 11.5 Å². The van der Waals surface area contributed by atoms with Crippen molar-refractivity contribution in [3.63, 3.8) is 0 Å². The van der Waals surface area contributed by atoms with E-state index in [1.807, 2.05) is 13.8 Å². The Labute approximate surface area is 85.7 Å². The van der Waals surface area contributed by atoms with Crippen LogP contribution in [0.5, 0.6) is 0 Å². The van der Waals surface area contributed by atoms with E-state index in [0.717, 1.165) is 36.4 Å². The average molecular weight is 193 g/mol. The van der Waals surface area contributed by atoms with Gasteiger partial charge >= 0.3 is 0 Å². The average Bonchev–Trinajstić information content (AvgIpc) is 2.70. The zero-order valence-corrected chi connectivity index (χ0v) is 9.26. The van der Waals surface area contributed by atoms with Crippen LogP contribution in [0.25, 0.3) is 0 Å². The third-order valence-corrected chi connectivity index (χ3v) is 3.14. The fourth-order valence-corrected chi connectivity index (χ4v) is 1.93. The Kier molecular flexibility index (Phi) is 2.64. The Hall–Kier alpha value is -0.760. The SMILES string of the molecule is Cc1cc(CNCC2CC2C)c(C)o1. The molecule has 0 bridgehead atoms. The number of furan rings is 1.